The Morgan fingerprint density at radius 2 is 2.00 bits per heavy atom. The number of hydrogen-bond donors (Lipinski definition) is 0. The molecule has 10 heteroatoms. The Kier molecular flexibility index (Phi) is 5.90. The highest BCUT2D eigenvalue weighted by Crippen LogP contribution is 2.34. The quantitative estimate of drug-likeness (QED) is 0.542. The number of fused-ring (bicyclic) bond motifs is 1. The van der Waals surface area contributed by atoms with Gasteiger partial charge in [0.2, 0.25) is 0 Å². The molecule has 0 bridgehead atoms. The zero-order chi connectivity index (χ0) is 22.1. The zero-order valence-corrected chi connectivity index (χ0v) is 19.2. The Hall–Kier alpha value is -3.01. The molecule has 0 saturated carbocycles. The summed E-state index contributed by atoms with van der Waals surface area (Å²) in [7, 11) is 6.99. The van der Waals surface area contributed by atoms with Gasteiger partial charge in [-0.3, -0.25) is 9.48 Å². The number of aryl methyl sites for hydroxylation is 1. The summed E-state index contributed by atoms with van der Waals surface area (Å²) in [6, 6.07) is 5.34. The fourth-order valence-electron chi connectivity index (χ4n) is 3.95. The van der Waals surface area contributed by atoms with Gasteiger partial charge < -0.3 is 18.9 Å². The summed E-state index contributed by atoms with van der Waals surface area (Å²) in [6.07, 6.45) is 0.714. The molecule has 31 heavy (non-hydrogen) atoms. The van der Waals surface area contributed by atoms with Crippen molar-refractivity contribution in [1.29, 1.82) is 0 Å². The minimum absolute atomic E-state index is 0.101. The van der Waals surface area contributed by atoms with Crippen LogP contribution in [0.25, 0.3) is 11.5 Å². The molecule has 0 radical (unpaired) electrons. The number of benzene rings is 1. The van der Waals surface area contributed by atoms with E-state index in [1.165, 1.54) is 0 Å². The van der Waals surface area contributed by atoms with Crippen LogP contribution in [0.15, 0.2) is 23.4 Å². The van der Waals surface area contributed by atoms with Crippen LogP contribution in [-0.2, 0) is 27.1 Å². The van der Waals surface area contributed by atoms with E-state index >= 15 is 0 Å². The van der Waals surface area contributed by atoms with E-state index in [4.69, 9.17) is 14.6 Å². The molecule has 1 aliphatic heterocycles. The number of nitrogens with zero attached hydrogens (tertiary/aromatic N) is 6. The van der Waals surface area contributed by atoms with Gasteiger partial charge in [-0.05, 0) is 17.9 Å². The van der Waals surface area contributed by atoms with E-state index in [0.29, 0.717) is 42.4 Å². The maximum absolute atomic E-state index is 13.4. The second-order valence-corrected chi connectivity index (χ2v) is 8.44. The zero-order valence-electron chi connectivity index (χ0n) is 18.4. The maximum Gasteiger partial charge on any atom is 0.258 e. The molecule has 0 aliphatic carbocycles. The maximum atomic E-state index is 13.4. The second-order valence-electron chi connectivity index (χ2n) is 7.21. The van der Waals surface area contributed by atoms with Gasteiger partial charge in [0, 0.05) is 38.3 Å². The Bertz CT molecular complexity index is 1120. The SMILES string of the molecule is CCSc1nnc(-c2nn(C)c3c2CN(C(=O)c2cccc(OC)c2OC)CC3)n1C. The number of ether oxygens (including phenoxy) is 2. The first-order chi connectivity index (χ1) is 15.0. The standard InChI is InChI=1S/C21H26N6O3S/c1-6-31-21-23-22-19(25(21)2)17-14-12-27(11-10-15(14)26(3)24-17)20(28)13-8-7-9-16(29-4)18(13)30-5/h7-9H,6,10-12H2,1-5H3. The Labute approximate surface area is 185 Å². The van der Waals surface area contributed by atoms with Crippen LogP contribution in [0.1, 0.15) is 28.5 Å². The van der Waals surface area contributed by atoms with Gasteiger partial charge in [0.05, 0.1) is 26.3 Å². The Morgan fingerprint density at radius 1 is 1.19 bits per heavy atom. The van der Waals surface area contributed by atoms with Gasteiger partial charge in [0.15, 0.2) is 22.5 Å². The first-order valence-electron chi connectivity index (χ1n) is 10.1. The first kappa shape index (κ1) is 21.2. The van der Waals surface area contributed by atoms with Crippen LogP contribution >= 0.6 is 11.8 Å². The lowest BCUT2D eigenvalue weighted by Gasteiger charge is -2.28. The molecular formula is C21H26N6O3S. The summed E-state index contributed by atoms with van der Waals surface area (Å²) in [5, 5.41) is 14.3. The van der Waals surface area contributed by atoms with Crippen molar-refractivity contribution in [3.8, 4) is 23.0 Å². The van der Waals surface area contributed by atoms with E-state index in [2.05, 4.69) is 17.1 Å². The summed E-state index contributed by atoms with van der Waals surface area (Å²) < 4.78 is 14.7. The average molecular weight is 443 g/mol. The summed E-state index contributed by atoms with van der Waals surface area (Å²) in [6.45, 7) is 3.12. The van der Waals surface area contributed by atoms with Crippen LogP contribution in [0.5, 0.6) is 11.5 Å². The molecule has 1 aromatic carbocycles. The minimum Gasteiger partial charge on any atom is -0.493 e. The summed E-state index contributed by atoms with van der Waals surface area (Å²) in [5.74, 6) is 2.50. The van der Waals surface area contributed by atoms with Crippen molar-refractivity contribution in [2.24, 2.45) is 14.1 Å². The van der Waals surface area contributed by atoms with Crippen LogP contribution in [-0.4, -0.2) is 61.9 Å². The number of aromatic nitrogens is 5. The molecule has 9 nitrogen and oxygen atoms in total. The van der Waals surface area contributed by atoms with Crippen molar-refractivity contribution >= 4 is 17.7 Å². The van der Waals surface area contributed by atoms with Gasteiger partial charge in [-0.2, -0.15) is 5.10 Å². The fourth-order valence-corrected chi connectivity index (χ4v) is 4.58. The van der Waals surface area contributed by atoms with E-state index in [9.17, 15) is 4.79 Å². The molecule has 1 amide bonds. The molecule has 2 aromatic heterocycles. The number of rotatable bonds is 6. The van der Waals surface area contributed by atoms with Gasteiger partial charge in [0.1, 0.15) is 5.69 Å². The van der Waals surface area contributed by atoms with Crippen LogP contribution in [0, 0.1) is 0 Å². The number of para-hydroxylation sites is 1. The van der Waals surface area contributed by atoms with Gasteiger partial charge in [0.25, 0.3) is 5.91 Å². The number of thioether (sulfide) groups is 1. The lowest BCUT2D eigenvalue weighted by atomic mass is 10.0. The molecule has 3 heterocycles. The van der Waals surface area contributed by atoms with E-state index in [1.807, 2.05) is 28.2 Å². The lowest BCUT2D eigenvalue weighted by Crippen LogP contribution is -2.36. The summed E-state index contributed by atoms with van der Waals surface area (Å²) in [4.78, 5) is 15.2. The number of carbonyl (C=O) groups is 1. The van der Waals surface area contributed by atoms with Crippen molar-refractivity contribution in [3.63, 3.8) is 0 Å². The lowest BCUT2D eigenvalue weighted by molar-refractivity contribution is 0.0729. The molecule has 1 aliphatic rings. The Balaban J connectivity index is 1.69. The van der Waals surface area contributed by atoms with Crippen molar-refractivity contribution in [2.45, 2.75) is 25.0 Å². The first-order valence-corrected chi connectivity index (χ1v) is 11.1. The third-order valence-electron chi connectivity index (χ3n) is 5.48. The van der Waals surface area contributed by atoms with E-state index in [0.717, 1.165) is 27.9 Å². The second kappa shape index (κ2) is 8.62. The monoisotopic (exact) mass is 442 g/mol. The van der Waals surface area contributed by atoms with Crippen molar-refractivity contribution in [2.75, 3.05) is 26.5 Å². The van der Waals surface area contributed by atoms with E-state index < -0.39 is 0 Å². The molecule has 0 N–H and O–H groups in total. The van der Waals surface area contributed by atoms with Gasteiger partial charge >= 0.3 is 0 Å². The summed E-state index contributed by atoms with van der Waals surface area (Å²) in [5.41, 5.74) is 3.37. The van der Waals surface area contributed by atoms with Gasteiger partial charge in [-0.25, -0.2) is 0 Å². The fraction of sp³-hybridized carbons (Fsp3) is 0.429. The number of amides is 1. The highest BCUT2D eigenvalue weighted by Gasteiger charge is 2.31. The number of methoxy groups -OCH3 is 2. The third kappa shape index (κ3) is 3.65. The number of carbonyl (C=O) groups excluding carboxylic acids is 1. The molecule has 0 unspecified atom stereocenters. The van der Waals surface area contributed by atoms with E-state index in [1.54, 1.807) is 44.2 Å². The molecular weight excluding hydrogens is 416 g/mol. The van der Waals surface area contributed by atoms with Crippen LogP contribution in [0.4, 0.5) is 0 Å². The normalized spacial score (nSPS) is 13.3. The third-order valence-corrected chi connectivity index (χ3v) is 6.39. The van der Waals surface area contributed by atoms with Crippen LogP contribution in [0.2, 0.25) is 0 Å². The summed E-state index contributed by atoms with van der Waals surface area (Å²) >= 11 is 1.64. The average Bonchev–Trinajstić information content (AvgIpc) is 3.31. The number of hydrogen-bond acceptors (Lipinski definition) is 7. The highest BCUT2D eigenvalue weighted by molar-refractivity contribution is 7.99. The molecule has 0 saturated heterocycles. The molecule has 4 rings (SSSR count). The van der Waals surface area contributed by atoms with Crippen LogP contribution < -0.4 is 9.47 Å². The predicted molar refractivity (Wildman–Crippen MR) is 118 cm³/mol. The van der Waals surface area contributed by atoms with E-state index in [-0.39, 0.29) is 5.91 Å². The molecule has 0 fully saturated rings. The molecule has 164 valence electrons. The predicted octanol–water partition coefficient (Wildman–Crippen LogP) is 2.54. The van der Waals surface area contributed by atoms with Crippen molar-refractivity contribution in [3.05, 3.63) is 35.0 Å². The Morgan fingerprint density at radius 3 is 2.71 bits per heavy atom. The molecule has 0 spiro atoms. The van der Waals surface area contributed by atoms with Gasteiger partial charge in [-0.1, -0.05) is 24.8 Å². The molecule has 0 atom stereocenters. The van der Waals surface area contributed by atoms with Gasteiger partial charge in [-0.15, -0.1) is 10.2 Å². The van der Waals surface area contributed by atoms with Crippen LogP contribution in [0.3, 0.4) is 0 Å². The van der Waals surface area contributed by atoms with Crippen molar-refractivity contribution in [1.82, 2.24) is 29.4 Å². The largest absolute Gasteiger partial charge is 0.493 e. The topological polar surface area (TPSA) is 87.3 Å². The highest BCUT2D eigenvalue weighted by atomic mass is 32.2. The molecule has 3 aromatic rings. The minimum atomic E-state index is -0.101. The van der Waals surface area contributed by atoms with Crippen molar-refractivity contribution < 1.29 is 14.3 Å². The smallest absolute Gasteiger partial charge is 0.258 e.